The number of nitrogens with zero attached hydrogens (tertiary/aromatic N) is 4. The minimum Gasteiger partial charge on any atom is -0.396 e. The van der Waals surface area contributed by atoms with Gasteiger partial charge in [0, 0.05) is 56.1 Å². The summed E-state index contributed by atoms with van der Waals surface area (Å²) in [5.74, 6) is 0.464. The van der Waals surface area contributed by atoms with Crippen molar-refractivity contribution in [3.63, 3.8) is 0 Å². The molecule has 1 atom stereocenters. The number of aliphatic hydroxyl groups excluding tert-OH is 1. The fourth-order valence-corrected chi connectivity index (χ4v) is 3.73. The van der Waals surface area contributed by atoms with Crippen LogP contribution < -0.4 is 0 Å². The van der Waals surface area contributed by atoms with Crippen LogP contribution in [0.2, 0.25) is 0 Å². The molecule has 1 spiro atoms. The van der Waals surface area contributed by atoms with Gasteiger partial charge >= 0.3 is 0 Å². The van der Waals surface area contributed by atoms with E-state index in [0.717, 1.165) is 32.6 Å². The molecule has 2 saturated heterocycles. The number of rotatable bonds is 4. The average molecular weight is 278 g/mol. The highest BCUT2D eigenvalue weighted by molar-refractivity contribution is 5.12. The van der Waals surface area contributed by atoms with E-state index < -0.39 is 0 Å². The molecular weight excluding hydrogens is 252 g/mol. The van der Waals surface area contributed by atoms with Crippen molar-refractivity contribution in [3.8, 4) is 0 Å². The zero-order valence-electron chi connectivity index (χ0n) is 12.8. The maximum atomic E-state index is 9.34. The average Bonchev–Trinajstić information content (AvgIpc) is 2.94. The van der Waals surface area contributed by atoms with Gasteiger partial charge in [0.1, 0.15) is 0 Å². The Morgan fingerprint density at radius 2 is 2.20 bits per heavy atom. The van der Waals surface area contributed by atoms with Crippen molar-refractivity contribution in [2.24, 2.45) is 5.92 Å². The van der Waals surface area contributed by atoms with Gasteiger partial charge in [-0.15, -0.1) is 0 Å². The molecule has 5 heteroatoms. The number of hydrogen-bond acceptors (Lipinski definition) is 4. The lowest BCUT2D eigenvalue weighted by atomic mass is 9.84. The largest absolute Gasteiger partial charge is 0.396 e. The van der Waals surface area contributed by atoms with Gasteiger partial charge in [-0.3, -0.25) is 14.5 Å². The van der Waals surface area contributed by atoms with Gasteiger partial charge in [-0.2, -0.15) is 5.10 Å². The zero-order valence-corrected chi connectivity index (χ0v) is 12.8. The zero-order chi connectivity index (χ0) is 14.3. The van der Waals surface area contributed by atoms with E-state index in [9.17, 15) is 5.11 Å². The molecule has 0 aromatic carbocycles. The van der Waals surface area contributed by atoms with Gasteiger partial charge in [0.05, 0.1) is 6.20 Å². The molecule has 0 amide bonds. The highest BCUT2D eigenvalue weighted by atomic mass is 16.3. The van der Waals surface area contributed by atoms with Crippen LogP contribution in [0, 0.1) is 5.92 Å². The van der Waals surface area contributed by atoms with Crippen molar-refractivity contribution in [2.45, 2.75) is 38.4 Å². The van der Waals surface area contributed by atoms with Gasteiger partial charge in [0.15, 0.2) is 0 Å². The summed E-state index contributed by atoms with van der Waals surface area (Å²) >= 11 is 0. The molecule has 20 heavy (non-hydrogen) atoms. The van der Waals surface area contributed by atoms with Crippen molar-refractivity contribution in [3.05, 3.63) is 18.0 Å². The number of hydrogen-bond donors (Lipinski definition) is 1. The smallest absolute Gasteiger partial charge is 0.0534 e. The molecule has 2 aliphatic rings. The summed E-state index contributed by atoms with van der Waals surface area (Å²) in [6.07, 6.45) is 5.28. The third-order valence-corrected chi connectivity index (χ3v) is 4.89. The summed E-state index contributed by atoms with van der Waals surface area (Å²) in [5, 5.41) is 13.7. The molecule has 0 saturated carbocycles. The van der Waals surface area contributed by atoms with E-state index in [-0.39, 0.29) is 0 Å². The Morgan fingerprint density at radius 1 is 1.45 bits per heavy atom. The second kappa shape index (κ2) is 5.13. The molecule has 1 N–H and O–H groups in total. The normalized spacial score (nSPS) is 26.6. The summed E-state index contributed by atoms with van der Waals surface area (Å²) in [6.45, 7) is 8.89. The van der Waals surface area contributed by atoms with Crippen LogP contribution in [0.3, 0.4) is 0 Å². The minimum atomic E-state index is 0.321. The quantitative estimate of drug-likeness (QED) is 0.891. The first-order chi connectivity index (χ1) is 9.52. The van der Waals surface area contributed by atoms with Crippen LogP contribution in [0.25, 0.3) is 0 Å². The van der Waals surface area contributed by atoms with E-state index in [0.29, 0.717) is 24.1 Å². The van der Waals surface area contributed by atoms with Gasteiger partial charge in [0.25, 0.3) is 0 Å². The Morgan fingerprint density at radius 3 is 2.75 bits per heavy atom. The molecule has 2 aliphatic heterocycles. The highest BCUT2D eigenvalue weighted by Crippen LogP contribution is 2.39. The van der Waals surface area contributed by atoms with Crippen LogP contribution >= 0.6 is 0 Å². The SMILES string of the molecule is CC(C)n1cc(CN2CC3(CC(CO)CN3C)C2)cn1. The van der Waals surface area contributed by atoms with Gasteiger partial charge in [-0.05, 0) is 33.2 Å². The van der Waals surface area contributed by atoms with Crippen LogP contribution in [0.15, 0.2) is 12.4 Å². The molecule has 0 radical (unpaired) electrons. The molecule has 112 valence electrons. The van der Waals surface area contributed by atoms with Gasteiger partial charge in [0.2, 0.25) is 0 Å². The third kappa shape index (κ3) is 2.38. The number of aromatic nitrogens is 2. The minimum absolute atomic E-state index is 0.321. The fourth-order valence-electron chi connectivity index (χ4n) is 3.73. The Hall–Kier alpha value is -0.910. The van der Waals surface area contributed by atoms with E-state index in [4.69, 9.17) is 0 Å². The van der Waals surface area contributed by atoms with Crippen LogP contribution in [-0.4, -0.2) is 63.5 Å². The van der Waals surface area contributed by atoms with E-state index in [1.807, 2.05) is 10.9 Å². The second-order valence-corrected chi connectivity index (χ2v) is 6.93. The summed E-state index contributed by atoms with van der Waals surface area (Å²) in [5.41, 5.74) is 1.62. The molecular formula is C15H26N4O. The lowest BCUT2D eigenvalue weighted by molar-refractivity contribution is -0.0223. The van der Waals surface area contributed by atoms with Crippen molar-refractivity contribution in [1.82, 2.24) is 19.6 Å². The molecule has 0 bridgehead atoms. The van der Waals surface area contributed by atoms with Crippen LogP contribution in [0.1, 0.15) is 31.9 Å². The van der Waals surface area contributed by atoms with Crippen molar-refractivity contribution < 1.29 is 5.11 Å². The summed E-state index contributed by atoms with van der Waals surface area (Å²) in [6, 6.07) is 0.428. The number of aliphatic hydroxyl groups is 1. The first-order valence-corrected chi connectivity index (χ1v) is 7.60. The molecule has 2 fully saturated rings. The van der Waals surface area contributed by atoms with Crippen LogP contribution in [-0.2, 0) is 6.54 Å². The molecule has 5 nitrogen and oxygen atoms in total. The second-order valence-electron chi connectivity index (χ2n) is 6.93. The number of likely N-dealkylation sites (N-methyl/N-ethyl adjacent to an activating group) is 1. The van der Waals surface area contributed by atoms with Crippen molar-refractivity contribution in [1.29, 1.82) is 0 Å². The van der Waals surface area contributed by atoms with E-state index >= 15 is 0 Å². The Labute approximate surface area is 121 Å². The molecule has 3 heterocycles. The van der Waals surface area contributed by atoms with Crippen molar-refractivity contribution >= 4 is 0 Å². The maximum absolute atomic E-state index is 9.34. The van der Waals surface area contributed by atoms with E-state index in [2.05, 4.69) is 42.0 Å². The Balaban J connectivity index is 1.55. The molecule has 1 aromatic heterocycles. The summed E-state index contributed by atoms with van der Waals surface area (Å²) < 4.78 is 2.02. The maximum Gasteiger partial charge on any atom is 0.0534 e. The third-order valence-electron chi connectivity index (χ3n) is 4.89. The first kappa shape index (κ1) is 14.0. The predicted molar refractivity (Wildman–Crippen MR) is 78.4 cm³/mol. The topological polar surface area (TPSA) is 44.5 Å². The molecule has 0 aliphatic carbocycles. The van der Waals surface area contributed by atoms with Gasteiger partial charge in [-0.25, -0.2) is 0 Å². The first-order valence-electron chi connectivity index (χ1n) is 7.60. The van der Waals surface area contributed by atoms with Gasteiger partial charge < -0.3 is 5.11 Å². The standard InChI is InChI=1S/C15H26N4O/c1-12(2)19-8-14(5-16-19)7-18-10-15(11-18)4-13(9-20)6-17(15)3/h5,8,12-13,20H,4,6-7,9-11H2,1-3H3. The van der Waals surface area contributed by atoms with Crippen LogP contribution in [0.5, 0.6) is 0 Å². The Kier molecular flexibility index (Phi) is 3.60. The summed E-state index contributed by atoms with van der Waals surface area (Å²) in [4.78, 5) is 4.93. The van der Waals surface area contributed by atoms with Gasteiger partial charge in [-0.1, -0.05) is 0 Å². The highest BCUT2D eigenvalue weighted by Gasteiger charge is 2.51. The lowest BCUT2D eigenvalue weighted by Gasteiger charge is -2.52. The molecule has 3 rings (SSSR count). The van der Waals surface area contributed by atoms with E-state index in [1.54, 1.807) is 0 Å². The predicted octanol–water partition coefficient (Wildman–Crippen LogP) is 0.962. The molecule has 1 aromatic rings. The van der Waals surface area contributed by atoms with E-state index in [1.165, 1.54) is 5.56 Å². The van der Waals surface area contributed by atoms with Crippen LogP contribution in [0.4, 0.5) is 0 Å². The number of likely N-dealkylation sites (tertiary alicyclic amines) is 2. The van der Waals surface area contributed by atoms with Crippen molar-refractivity contribution in [2.75, 3.05) is 33.3 Å². The lowest BCUT2D eigenvalue weighted by Crippen LogP contribution is -2.66. The monoisotopic (exact) mass is 278 g/mol. The Bertz CT molecular complexity index is 464. The fraction of sp³-hybridized carbons (Fsp3) is 0.800. The molecule has 1 unspecified atom stereocenters. The summed E-state index contributed by atoms with van der Waals surface area (Å²) in [7, 11) is 2.20.